The Kier molecular flexibility index (Phi) is 4.81. The molecule has 0 heterocycles. The van der Waals surface area contributed by atoms with E-state index >= 15 is 0 Å². The van der Waals surface area contributed by atoms with Gasteiger partial charge in [0, 0.05) is 20.1 Å². The van der Waals surface area contributed by atoms with Gasteiger partial charge in [0.05, 0.1) is 0 Å². The summed E-state index contributed by atoms with van der Waals surface area (Å²) in [7, 11) is 0. The summed E-state index contributed by atoms with van der Waals surface area (Å²) in [6.45, 7) is 2.25. The Morgan fingerprint density at radius 3 is 0.913 bits per heavy atom. The van der Waals surface area contributed by atoms with Crippen LogP contribution in [0, 0.1) is 0 Å². The quantitative estimate of drug-likeness (QED) is 0.378. The summed E-state index contributed by atoms with van der Waals surface area (Å²) in [5.74, 6) is 0. The Labute approximate surface area is 154 Å². The van der Waals surface area contributed by atoms with Gasteiger partial charge in [-0.15, -0.1) is 37.9 Å². The monoisotopic (exact) mass is 354 g/mol. The van der Waals surface area contributed by atoms with Crippen LogP contribution < -0.4 is 0 Å². The van der Waals surface area contributed by atoms with Gasteiger partial charge in [0.15, 0.2) is 0 Å². The van der Waals surface area contributed by atoms with Crippen LogP contribution in [0.15, 0.2) is 87.5 Å². The number of rotatable bonds is 3. The van der Waals surface area contributed by atoms with E-state index in [1.54, 1.807) is 0 Å². The van der Waals surface area contributed by atoms with Crippen LogP contribution in [0.3, 0.4) is 0 Å². The molecule has 0 saturated heterocycles. The summed E-state index contributed by atoms with van der Waals surface area (Å²) in [6, 6.07) is 25.1. The van der Waals surface area contributed by atoms with Crippen LogP contribution in [0.2, 0.25) is 0 Å². The van der Waals surface area contributed by atoms with Crippen LogP contribution in [0.5, 0.6) is 0 Å². The fourth-order valence-corrected chi connectivity index (χ4v) is 3.33. The van der Waals surface area contributed by atoms with Gasteiger partial charge in [-0.2, -0.15) is 0 Å². The minimum Gasteiger partial charge on any atom is -0.143 e. The first-order valence-electron chi connectivity index (χ1n) is 7.38. The summed E-state index contributed by atoms with van der Waals surface area (Å²) in [6.07, 6.45) is 0. The van der Waals surface area contributed by atoms with E-state index in [-0.39, 0.29) is 5.41 Å². The van der Waals surface area contributed by atoms with Crippen molar-refractivity contribution in [2.45, 2.75) is 27.0 Å². The van der Waals surface area contributed by atoms with Crippen molar-refractivity contribution in [3.05, 3.63) is 89.5 Å². The van der Waals surface area contributed by atoms with E-state index in [1.807, 2.05) is 36.4 Å². The molecule has 0 aliphatic heterocycles. The van der Waals surface area contributed by atoms with Gasteiger partial charge in [0.1, 0.15) is 0 Å². The van der Waals surface area contributed by atoms with E-state index in [9.17, 15) is 0 Å². The summed E-state index contributed by atoms with van der Waals surface area (Å²) in [5.41, 5.74) is 3.45. The average molecular weight is 355 g/mol. The van der Waals surface area contributed by atoms with Crippen molar-refractivity contribution in [1.29, 1.82) is 0 Å². The molecule has 0 bridgehead atoms. The molecule has 0 atom stereocenters. The van der Waals surface area contributed by atoms with Gasteiger partial charge < -0.3 is 0 Å². The largest absolute Gasteiger partial charge is 0.143 e. The van der Waals surface area contributed by atoms with E-state index in [0.717, 1.165) is 14.7 Å². The first-order chi connectivity index (χ1) is 11.0. The molecule has 3 heteroatoms. The standard InChI is InChI=1S/C20H18S3/c1-20(14-2-8-17(21)9-3-14,15-4-10-18(22)11-5-15)16-6-12-19(23)13-7-16/h2-13,21-23H,1H3. The molecule has 3 rings (SSSR count). The molecule has 116 valence electrons. The molecular formula is C20H18S3. The molecule has 0 saturated carbocycles. The Morgan fingerprint density at radius 2 is 0.696 bits per heavy atom. The van der Waals surface area contributed by atoms with Crippen molar-refractivity contribution in [2.24, 2.45) is 0 Å². The van der Waals surface area contributed by atoms with Gasteiger partial charge in [0.2, 0.25) is 0 Å². The number of hydrogen-bond donors (Lipinski definition) is 3. The lowest BCUT2D eigenvalue weighted by Crippen LogP contribution is -2.25. The highest BCUT2D eigenvalue weighted by Crippen LogP contribution is 2.39. The van der Waals surface area contributed by atoms with Crippen molar-refractivity contribution in [2.75, 3.05) is 0 Å². The topological polar surface area (TPSA) is 0 Å². The lowest BCUT2D eigenvalue weighted by Gasteiger charge is -2.32. The summed E-state index contributed by atoms with van der Waals surface area (Å²) < 4.78 is 0. The molecule has 0 N–H and O–H groups in total. The molecule has 23 heavy (non-hydrogen) atoms. The molecule has 0 fully saturated rings. The second-order valence-electron chi connectivity index (χ2n) is 5.77. The molecule has 0 aliphatic rings. The lowest BCUT2D eigenvalue weighted by atomic mass is 9.71. The van der Waals surface area contributed by atoms with Gasteiger partial charge in [-0.1, -0.05) is 36.4 Å². The van der Waals surface area contributed by atoms with E-state index in [2.05, 4.69) is 81.2 Å². The Bertz CT molecular complexity index is 677. The molecule has 0 nitrogen and oxygen atoms in total. The zero-order valence-corrected chi connectivity index (χ0v) is 15.5. The molecule has 0 aromatic heterocycles. The molecule has 0 amide bonds. The maximum Gasteiger partial charge on any atom is 0.0423 e. The maximum atomic E-state index is 4.41. The zero-order chi connectivity index (χ0) is 16.4. The van der Waals surface area contributed by atoms with Crippen molar-refractivity contribution in [3.8, 4) is 0 Å². The van der Waals surface area contributed by atoms with Crippen LogP contribution >= 0.6 is 37.9 Å². The third-order valence-corrected chi connectivity index (χ3v) is 5.23. The third kappa shape index (κ3) is 3.32. The molecule has 0 spiro atoms. The Morgan fingerprint density at radius 1 is 0.478 bits per heavy atom. The molecule has 0 aliphatic carbocycles. The van der Waals surface area contributed by atoms with Crippen molar-refractivity contribution in [1.82, 2.24) is 0 Å². The Balaban J connectivity index is 2.21. The van der Waals surface area contributed by atoms with Crippen LogP contribution in [0.4, 0.5) is 0 Å². The van der Waals surface area contributed by atoms with Gasteiger partial charge in [-0.3, -0.25) is 0 Å². The molecule has 0 unspecified atom stereocenters. The molecule has 3 aromatic carbocycles. The second-order valence-corrected chi connectivity index (χ2v) is 7.31. The van der Waals surface area contributed by atoms with Crippen LogP contribution in [-0.4, -0.2) is 0 Å². The van der Waals surface area contributed by atoms with Crippen molar-refractivity contribution >= 4 is 37.9 Å². The average Bonchev–Trinajstić information content (AvgIpc) is 2.56. The number of thiol groups is 3. The fourth-order valence-electron chi connectivity index (χ4n) is 2.88. The minimum absolute atomic E-state index is 0.246. The fraction of sp³-hybridized carbons (Fsp3) is 0.100. The van der Waals surface area contributed by atoms with Crippen molar-refractivity contribution in [3.63, 3.8) is 0 Å². The molecule has 3 aromatic rings. The summed E-state index contributed by atoms with van der Waals surface area (Å²) >= 11 is 13.2. The first kappa shape index (κ1) is 16.6. The first-order valence-corrected chi connectivity index (χ1v) is 8.73. The van der Waals surface area contributed by atoms with Gasteiger partial charge in [0.25, 0.3) is 0 Å². The SMILES string of the molecule is CC(c1ccc(S)cc1)(c1ccc(S)cc1)c1ccc(S)cc1. The van der Waals surface area contributed by atoms with Gasteiger partial charge in [-0.25, -0.2) is 0 Å². The van der Waals surface area contributed by atoms with E-state index < -0.39 is 0 Å². The zero-order valence-electron chi connectivity index (χ0n) is 12.8. The number of benzene rings is 3. The third-order valence-electron chi connectivity index (χ3n) is 4.33. The van der Waals surface area contributed by atoms with Crippen LogP contribution in [-0.2, 0) is 5.41 Å². The van der Waals surface area contributed by atoms with E-state index in [0.29, 0.717) is 0 Å². The number of hydrogen-bond acceptors (Lipinski definition) is 3. The highest BCUT2D eigenvalue weighted by molar-refractivity contribution is 7.80. The molecule has 0 radical (unpaired) electrons. The highest BCUT2D eigenvalue weighted by Gasteiger charge is 2.30. The lowest BCUT2D eigenvalue weighted by molar-refractivity contribution is 0.690. The van der Waals surface area contributed by atoms with Gasteiger partial charge >= 0.3 is 0 Å². The smallest absolute Gasteiger partial charge is 0.0423 e. The van der Waals surface area contributed by atoms with Crippen LogP contribution in [0.25, 0.3) is 0 Å². The highest BCUT2D eigenvalue weighted by atomic mass is 32.1. The summed E-state index contributed by atoms with van der Waals surface area (Å²) in [5, 5.41) is 0. The normalized spacial score (nSPS) is 11.5. The predicted molar refractivity (Wildman–Crippen MR) is 107 cm³/mol. The maximum absolute atomic E-state index is 4.41. The van der Waals surface area contributed by atoms with Gasteiger partial charge in [-0.05, 0) is 60.0 Å². The predicted octanol–water partition coefficient (Wildman–Crippen LogP) is 5.91. The van der Waals surface area contributed by atoms with E-state index in [4.69, 9.17) is 0 Å². The van der Waals surface area contributed by atoms with Crippen LogP contribution in [0.1, 0.15) is 23.6 Å². The summed E-state index contributed by atoms with van der Waals surface area (Å²) in [4.78, 5) is 2.90. The molecular weight excluding hydrogens is 336 g/mol. The van der Waals surface area contributed by atoms with Crippen molar-refractivity contribution < 1.29 is 0 Å². The Hall–Kier alpha value is -1.29. The second kappa shape index (κ2) is 6.68. The minimum atomic E-state index is -0.246. The van der Waals surface area contributed by atoms with E-state index in [1.165, 1.54) is 16.7 Å².